The number of rotatable bonds is 12. The van der Waals surface area contributed by atoms with E-state index in [9.17, 15) is 4.79 Å². The summed E-state index contributed by atoms with van der Waals surface area (Å²) in [7, 11) is 5.94. The van der Waals surface area contributed by atoms with Gasteiger partial charge in [0.25, 0.3) is 5.91 Å². The summed E-state index contributed by atoms with van der Waals surface area (Å²) in [5.74, 6) is 0.359. The third-order valence-corrected chi connectivity index (χ3v) is 5.65. The highest BCUT2D eigenvalue weighted by molar-refractivity contribution is 6.32. The summed E-state index contributed by atoms with van der Waals surface area (Å²) in [6, 6.07) is 13.6. The van der Waals surface area contributed by atoms with Crippen LogP contribution in [0.4, 0.5) is 22.9 Å². The van der Waals surface area contributed by atoms with Gasteiger partial charge in [0.15, 0.2) is 11.0 Å². The molecule has 0 atom stereocenters. The van der Waals surface area contributed by atoms with Crippen molar-refractivity contribution < 1.29 is 4.79 Å². The maximum atomic E-state index is 12.4. The number of hydrogen-bond acceptors (Lipinski definition) is 8. The Labute approximate surface area is 211 Å². The van der Waals surface area contributed by atoms with Gasteiger partial charge in [-0.15, -0.1) is 0 Å². The topological polar surface area (TPSA) is 120 Å². The number of hydrogen-bond donors (Lipinski definition) is 5. The van der Waals surface area contributed by atoms with Gasteiger partial charge in [0.05, 0.1) is 11.4 Å². The van der Waals surface area contributed by atoms with Crippen LogP contribution in [0.3, 0.4) is 0 Å². The molecule has 9 nitrogen and oxygen atoms in total. The Bertz CT molecular complexity index is 1120. The average molecular weight is 497 g/mol. The second-order valence-corrected chi connectivity index (χ2v) is 8.69. The number of nitrogens with one attached hydrogen (secondary N) is 4. The number of aromatic nitrogens is 2. The van der Waals surface area contributed by atoms with Crippen LogP contribution in [-0.2, 0) is 0 Å². The first-order chi connectivity index (χ1) is 16.9. The highest BCUT2D eigenvalue weighted by atomic mass is 35.5. The molecular weight excluding hydrogens is 464 g/mol. The molecule has 3 rings (SSSR count). The maximum absolute atomic E-state index is 12.4. The van der Waals surface area contributed by atoms with Crippen LogP contribution < -0.4 is 27.0 Å². The predicted octanol–water partition coefficient (Wildman–Crippen LogP) is 3.44. The molecule has 0 saturated heterocycles. The molecule has 1 aromatic heterocycles. The molecule has 0 aliphatic rings. The Hall–Kier alpha value is -3.40. The van der Waals surface area contributed by atoms with Crippen molar-refractivity contribution in [3.8, 4) is 11.1 Å². The van der Waals surface area contributed by atoms with Gasteiger partial charge in [-0.1, -0.05) is 29.8 Å². The molecule has 1 heterocycles. The summed E-state index contributed by atoms with van der Waals surface area (Å²) in [6.07, 6.45) is 2.27. The number of likely N-dealkylation sites (N-methyl/N-ethyl adjacent to an activating group) is 1. The Morgan fingerprint density at radius 2 is 1.74 bits per heavy atom. The number of nitrogens with zero attached hydrogens (tertiary/aromatic N) is 3. The molecular formula is C25H33ClN8O. The normalized spacial score (nSPS) is 10.9. The zero-order valence-electron chi connectivity index (χ0n) is 20.4. The maximum Gasteiger partial charge on any atom is 0.251 e. The van der Waals surface area contributed by atoms with Crippen molar-refractivity contribution in [2.75, 3.05) is 63.7 Å². The monoisotopic (exact) mass is 496 g/mol. The van der Waals surface area contributed by atoms with Crippen molar-refractivity contribution in [1.29, 1.82) is 0 Å². The zero-order chi connectivity index (χ0) is 25.2. The minimum absolute atomic E-state index is 0.0714. The number of carbonyl (C=O) groups excluding carboxylic acids is 1. The summed E-state index contributed by atoms with van der Waals surface area (Å²) < 4.78 is 0. The molecule has 0 aliphatic heterocycles. The molecule has 1 amide bonds. The van der Waals surface area contributed by atoms with Crippen molar-refractivity contribution in [1.82, 2.24) is 25.5 Å². The largest absolute Gasteiger partial charge is 0.393 e. The van der Waals surface area contributed by atoms with E-state index >= 15 is 0 Å². The van der Waals surface area contributed by atoms with E-state index in [4.69, 9.17) is 17.3 Å². The van der Waals surface area contributed by atoms with Crippen molar-refractivity contribution in [3.63, 3.8) is 0 Å². The molecule has 0 fully saturated rings. The molecule has 2 aromatic carbocycles. The van der Waals surface area contributed by atoms with Gasteiger partial charge in [0.1, 0.15) is 12.0 Å². The number of carbonyl (C=O) groups is 1. The summed E-state index contributed by atoms with van der Waals surface area (Å²) in [4.78, 5) is 22.7. The molecule has 35 heavy (non-hydrogen) atoms. The summed E-state index contributed by atoms with van der Waals surface area (Å²) in [5, 5.41) is 13.0. The van der Waals surface area contributed by atoms with Gasteiger partial charge in [-0.3, -0.25) is 4.79 Å². The molecule has 10 heteroatoms. The summed E-state index contributed by atoms with van der Waals surface area (Å²) >= 11 is 6.07. The van der Waals surface area contributed by atoms with E-state index in [0.29, 0.717) is 17.9 Å². The van der Waals surface area contributed by atoms with Crippen LogP contribution in [-0.4, -0.2) is 68.1 Å². The van der Waals surface area contributed by atoms with E-state index in [1.807, 2.05) is 63.6 Å². The molecule has 0 unspecified atom stereocenters. The number of nitrogen functional groups attached to an aromatic ring is 1. The molecule has 0 radical (unpaired) electrons. The highest BCUT2D eigenvalue weighted by Gasteiger charge is 2.12. The van der Waals surface area contributed by atoms with E-state index in [2.05, 4.69) is 36.1 Å². The third-order valence-electron chi connectivity index (χ3n) is 5.35. The number of benzene rings is 2. The van der Waals surface area contributed by atoms with Crippen LogP contribution in [0.1, 0.15) is 16.8 Å². The Morgan fingerprint density at radius 1 is 1.00 bits per heavy atom. The van der Waals surface area contributed by atoms with Crippen LogP contribution in [0.2, 0.25) is 5.15 Å². The quantitative estimate of drug-likeness (QED) is 0.191. The van der Waals surface area contributed by atoms with Crippen molar-refractivity contribution in [3.05, 3.63) is 59.5 Å². The fraction of sp³-hybridized carbons (Fsp3) is 0.320. The lowest BCUT2D eigenvalue weighted by Gasteiger charge is -2.16. The molecule has 6 N–H and O–H groups in total. The molecule has 0 saturated carbocycles. The minimum atomic E-state index is -0.0714. The third kappa shape index (κ3) is 7.54. The van der Waals surface area contributed by atoms with Gasteiger partial charge >= 0.3 is 0 Å². The van der Waals surface area contributed by atoms with Crippen LogP contribution in [0.25, 0.3) is 11.1 Å². The van der Waals surface area contributed by atoms with Crippen LogP contribution in [0.5, 0.6) is 0 Å². The Balaban J connectivity index is 1.79. The van der Waals surface area contributed by atoms with Gasteiger partial charge in [-0.05, 0) is 69.5 Å². The van der Waals surface area contributed by atoms with Crippen molar-refractivity contribution in [2.45, 2.75) is 6.42 Å². The second kappa shape index (κ2) is 12.9. The number of amides is 1. The molecule has 186 valence electrons. The summed E-state index contributed by atoms with van der Waals surface area (Å²) in [6.45, 7) is 3.12. The molecule has 0 bridgehead atoms. The SMILES string of the molecule is CNCCNc1ccc(-c2ccc(C(=O)NCCCN(C)C)cc2)cc1Nc1ncnc(Cl)c1N. The van der Waals surface area contributed by atoms with Gasteiger partial charge < -0.3 is 31.9 Å². The first kappa shape index (κ1) is 26.2. The molecule has 0 spiro atoms. The Morgan fingerprint density at radius 3 is 2.46 bits per heavy atom. The van der Waals surface area contributed by atoms with E-state index in [1.54, 1.807) is 0 Å². The van der Waals surface area contributed by atoms with Gasteiger partial charge in [0, 0.05) is 25.2 Å². The average Bonchev–Trinajstić information content (AvgIpc) is 2.85. The van der Waals surface area contributed by atoms with Crippen LogP contribution >= 0.6 is 11.6 Å². The minimum Gasteiger partial charge on any atom is -0.393 e. The molecule has 3 aromatic rings. The molecule has 0 aliphatic carbocycles. The van der Waals surface area contributed by atoms with E-state index < -0.39 is 0 Å². The summed E-state index contributed by atoms with van der Waals surface area (Å²) in [5.41, 5.74) is 10.6. The van der Waals surface area contributed by atoms with Gasteiger partial charge in [-0.2, -0.15) is 0 Å². The van der Waals surface area contributed by atoms with Crippen LogP contribution in [0, 0.1) is 0 Å². The fourth-order valence-corrected chi connectivity index (χ4v) is 3.55. The smallest absolute Gasteiger partial charge is 0.251 e. The van der Waals surface area contributed by atoms with Crippen molar-refractivity contribution in [2.24, 2.45) is 0 Å². The first-order valence-electron chi connectivity index (χ1n) is 11.5. The number of halogens is 1. The standard InChI is InChI=1S/C25H33ClN8O/c1-28-12-13-29-20-10-9-19(15-21(20)33-24-22(27)23(26)31-16-32-24)17-5-7-18(8-6-17)25(35)30-11-4-14-34(2)3/h5-10,15-16,28-29H,4,11-14,27H2,1-3H3,(H,30,35)(H,31,32,33). The second-order valence-electron chi connectivity index (χ2n) is 8.33. The predicted molar refractivity (Wildman–Crippen MR) is 145 cm³/mol. The van der Waals surface area contributed by atoms with Gasteiger partial charge in [-0.25, -0.2) is 9.97 Å². The highest BCUT2D eigenvalue weighted by Crippen LogP contribution is 2.33. The lowest BCUT2D eigenvalue weighted by molar-refractivity contribution is 0.0952. The lowest BCUT2D eigenvalue weighted by atomic mass is 10.0. The van der Waals surface area contributed by atoms with Crippen molar-refractivity contribution >= 4 is 40.4 Å². The van der Waals surface area contributed by atoms with E-state index in [-0.39, 0.29) is 16.7 Å². The van der Waals surface area contributed by atoms with Crippen LogP contribution in [0.15, 0.2) is 48.8 Å². The zero-order valence-corrected chi connectivity index (χ0v) is 21.1. The van der Waals surface area contributed by atoms with E-state index in [1.165, 1.54) is 6.33 Å². The number of anilines is 4. The first-order valence-corrected chi connectivity index (χ1v) is 11.9. The number of nitrogens with two attached hydrogens (primary N) is 1. The van der Waals surface area contributed by atoms with E-state index in [0.717, 1.165) is 48.6 Å². The lowest BCUT2D eigenvalue weighted by Crippen LogP contribution is -2.27. The fourth-order valence-electron chi connectivity index (χ4n) is 3.42. The van der Waals surface area contributed by atoms with Gasteiger partial charge in [0.2, 0.25) is 0 Å². The Kier molecular flexibility index (Phi) is 9.66.